The van der Waals surface area contributed by atoms with Crippen molar-refractivity contribution in [2.24, 2.45) is 0 Å². The molecule has 0 aliphatic heterocycles. The van der Waals surface area contributed by atoms with Gasteiger partial charge in [0.15, 0.2) is 0 Å². The zero-order valence-corrected chi connectivity index (χ0v) is 22.8. The minimum absolute atomic E-state index is 0.0187. The number of nitrogens with one attached hydrogen (secondary N) is 1. The Kier molecular flexibility index (Phi) is 9.08. The molecule has 0 radical (unpaired) electrons. The highest BCUT2D eigenvalue weighted by Crippen LogP contribution is 2.23. The van der Waals surface area contributed by atoms with Crippen LogP contribution in [0.2, 0.25) is 0 Å². The maximum Gasteiger partial charge on any atom is 0.243 e. The monoisotopic (exact) mass is 545 g/mol. The van der Waals surface area contributed by atoms with Gasteiger partial charge in [-0.2, -0.15) is 4.31 Å². The summed E-state index contributed by atoms with van der Waals surface area (Å²) in [4.78, 5) is 13.1. The van der Waals surface area contributed by atoms with Gasteiger partial charge in [0.1, 0.15) is 5.75 Å². The van der Waals surface area contributed by atoms with Gasteiger partial charge >= 0.3 is 0 Å². The van der Waals surface area contributed by atoms with Crippen LogP contribution >= 0.6 is 0 Å². The van der Waals surface area contributed by atoms with Gasteiger partial charge in [0.05, 0.1) is 23.4 Å². The van der Waals surface area contributed by atoms with Crippen LogP contribution < -0.4 is 10.1 Å². The normalized spacial score (nSPS) is 12.1. The summed E-state index contributed by atoms with van der Waals surface area (Å²) in [6.45, 7) is 1.34. The Morgan fingerprint density at radius 1 is 0.865 bits per heavy atom. The first-order valence-electron chi connectivity index (χ1n) is 11.5. The largest absolute Gasteiger partial charge is 0.497 e. The Balaban J connectivity index is 1.87. The summed E-state index contributed by atoms with van der Waals surface area (Å²) < 4.78 is 59.4. The van der Waals surface area contributed by atoms with Crippen molar-refractivity contribution in [2.75, 3.05) is 39.6 Å². The molecule has 0 atom stereocenters. The third-order valence-corrected chi connectivity index (χ3v) is 9.44. The maximum atomic E-state index is 13.5. The van der Waals surface area contributed by atoms with Crippen molar-refractivity contribution < 1.29 is 26.4 Å². The van der Waals surface area contributed by atoms with Crippen LogP contribution in [0.15, 0.2) is 82.6 Å². The summed E-state index contributed by atoms with van der Waals surface area (Å²) >= 11 is 0. The van der Waals surface area contributed by atoms with Crippen molar-refractivity contribution in [3.63, 3.8) is 0 Å². The van der Waals surface area contributed by atoms with Crippen molar-refractivity contribution in [2.45, 2.75) is 23.1 Å². The molecular weight excluding hydrogens is 514 g/mol. The molecular formula is C26H31N3O6S2. The number of hydrogen-bond acceptors (Lipinski definition) is 6. The van der Waals surface area contributed by atoms with Crippen molar-refractivity contribution in [1.29, 1.82) is 0 Å². The van der Waals surface area contributed by atoms with Crippen LogP contribution in [0.3, 0.4) is 0 Å². The van der Waals surface area contributed by atoms with E-state index in [0.29, 0.717) is 17.7 Å². The fourth-order valence-electron chi connectivity index (χ4n) is 3.54. The number of carbonyl (C=O) groups excluding carboxylic acids is 1. The van der Waals surface area contributed by atoms with Crippen molar-refractivity contribution in [1.82, 2.24) is 8.61 Å². The van der Waals surface area contributed by atoms with Crippen LogP contribution in [-0.4, -0.2) is 65.6 Å². The van der Waals surface area contributed by atoms with Crippen LogP contribution in [0.1, 0.15) is 11.1 Å². The number of benzene rings is 3. The zero-order valence-electron chi connectivity index (χ0n) is 21.2. The van der Waals surface area contributed by atoms with Gasteiger partial charge < -0.3 is 10.1 Å². The van der Waals surface area contributed by atoms with E-state index in [2.05, 4.69) is 5.32 Å². The van der Waals surface area contributed by atoms with E-state index >= 15 is 0 Å². The second-order valence-electron chi connectivity index (χ2n) is 8.56. The molecule has 0 aromatic heterocycles. The first kappa shape index (κ1) is 28.3. The molecule has 3 aromatic carbocycles. The molecule has 0 saturated heterocycles. The van der Waals surface area contributed by atoms with Crippen LogP contribution in [-0.2, 0) is 31.3 Å². The number of nitrogens with zero attached hydrogens (tertiary/aromatic N) is 2. The summed E-state index contributed by atoms with van der Waals surface area (Å²) in [6, 6.07) is 19.7. The highest BCUT2D eigenvalue weighted by Gasteiger charge is 2.27. The third-order valence-electron chi connectivity index (χ3n) is 5.77. The summed E-state index contributed by atoms with van der Waals surface area (Å²) in [5.74, 6) is -0.0804. The maximum absolute atomic E-state index is 13.5. The van der Waals surface area contributed by atoms with E-state index < -0.39 is 32.5 Å². The molecule has 0 unspecified atom stereocenters. The molecule has 3 aromatic rings. The molecule has 37 heavy (non-hydrogen) atoms. The Morgan fingerprint density at radius 2 is 1.49 bits per heavy atom. The van der Waals surface area contributed by atoms with E-state index in [1.807, 2.05) is 30.3 Å². The molecule has 1 amide bonds. The molecule has 1 N–H and O–H groups in total. The minimum atomic E-state index is -4.02. The van der Waals surface area contributed by atoms with E-state index in [1.165, 1.54) is 45.5 Å². The summed E-state index contributed by atoms with van der Waals surface area (Å²) in [5, 5.41) is 2.68. The van der Waals surface area contributed by atoms with Crippen molar-refractivity contribution >= 4 is 31.6 Å². The van der Waals surface area contributed by atoms with Gasteiger partial charge in [0.25, 0.3) is 0 Å². The van der Waals surface area contributed by atoms with Gasteiger partial charge in [-0.15, -0.1) is 0 Å². The van der Waals surface area contributed by atoms with Gasteiger partial charge in [-0.05, 0) is 60.9 Å². The lowest BCUT2D eigenvalue weighted by atomic mass is 10.1. The topological polar surface area (TPSA) is 113 Å². The second-order valence-corrected chi connectivity index (χ2v) is 12.7. The molecule has 9 nitrogen and oxygen atoms in total. The molecule has 0 bridgehead atoms. The molecule has 0 spiro atoms. The summed E-state index contributed by atoms with van der Waals surface area (Å²) in [6.07, 6.45) is 0.402. The molecule has 0 aliphatic carbocycles. The highest BCUT2D eigenvalue weighted by atomic mass is 32.2. The van der Waals surface area contributed by atoms with Crippen LogP contribution in [0.4, 0.5) is 5.69 Å². The van der Waals surface area contributed by atoms with Gasteiger partial charge in [0.2, 0.25) is 26.0 Å². The molecule has 0 fully saturated rings. The number of hydrogen-bond donors (Lipinski definition) is 1. The SMILES string of the molecule is COc1ccc(S(=O)(=O)N(CCc2ccccc2)CC(=O)Nc2cc(S(=O)(=O)N(C)C)ccc2C)cc1. The van der Waals surface area contributed by atoms with E-state index in [4.69, 9.17) is 4.74 Å². The van der Waals surface area contributed by atoms with Gasteiger partial charge in [-0.25, -0.2) is 21.1 Å². The number of rotatable bonds is 11. The standard InChI is InChI=1S/C26H31N3O6S2/c1-20-10-13-24(36(31,32)28(2)3)18-25(20)27-26(30)19-29(17-16-21-8-6-5-7-9-21)37(33,34)23-14-11-22(35-4)12-15-23/h5-15,18H,16-17,19H2,1-4H3,(H,27,30). The quantitative estimate of drug-likeness (QED) is 0.396. The number of ether oxygens (including phenoxy) is 1. The number of carbonyl (C=O) groups is 1. The van der Waals surface area contributed by atoms with E-state index in [0.717, 1.165) is 14.2 Å². The fraction of sp³-hybridized carbons (Fsp3) is 0.269. The molecule has 3 rings (SSSR count). The van der Waals surface area contributed by atoms with Crippen LogP contribution in [0.25, 0.3) is 0 Å². The average Bonchev–Trinajstić information content (AvgIpc) is 2.88. The van der Waals surface area contributed by atoms with E-state index in [-0.39, 0.29) is 22.0 Å². The number of anilines is 1. The molecule has 11 heteroatoms. The number of sulfonamides is 2. The lowest BCUT2D eigenvalue weighted by Crippen LogP contribution is -2.39. The first-order valence-corrected chi connectivity index (χ1v) is 14.3. The predicted octanol–water partition coefficient (Wildman–Crippen LogP) is 3.13. The number of aryl methyl sites for hydroxylation is 1. The van der Waals surface area contributed by atoms with Crippen molar-refractivity contribution in [3.8, 4) is 5.75 Å². The lowest BCUT2D eigenvalue weighted by molar-refractivity contribution is -0.116. The lowest BCUT2D eigenvalue weighted by Gasteiger charge is -2.22. The van der Waals surface area contributed by atoms with Gasteiger partial charge in [-0.3, -0.25) is 4.79 Å². The molecule has 198 valence electrons. The third kappa shape index (κ3) is 6.95. The Labute approximate surface area is 218 Å². The fourth-order valence-corrected chi connectivity index (χ4v) is 5.86. The Bertz CT molecular complexity index is 1440. The molecule has 0 heterocycles. The minimum Gasteiger partial charge on any atom is -0.497 e. The first-order chi connectivity index (χ1) is 17.4. The highest BCUT2D eigenvalue weighted by molar-refractivity contribution is 7.89. The van der Waals surface area contributed by atoms with Gasteiger partial charge in [-0.1, -0.05) is 36.4 Å². The summed E-state index contributed by atoms with van der Waals surface area (Å²) in [7, 11) is -3.41. The van der Waals surface area contributed by atoms with Crippen LogP contribution in [0, 0.1) is 6.92 Å². The number of amides is 1. The zero-order chi connectivity index (χ0) is 27.2. The molecule has 0 aliphatic rings. The van der Waals surface area contributed by atoms with Crippen molar-refractivity contribution in [3.05, 3.63) is 83.9 Å². The molecule has 0 saturated carbocycles. The second kappa shape index (κ2) is 11.9. The Morgan fingerprint density at radius 3 is 2.08 bits per heavy atom. The van der Waals surface area contributed by atoms with E-state index in [1.54, 1.807) is 25.1 Å². The van der Waals surface area contributed by atoms with Crippen LogP contribution in [0.5, 0.6) is 5.75 Å². The van der Waals surface area contributed by atoms with E-state index in [9.17, 15) is 21.6 Å². The smallest absolute Gasteiger partial charge is 0.243 e. The van der Waals surface area contributed by atoms with Gasteiger partial charge in [0, 0.05) is 26.3 Å². The average molecular weight is 546 g/mol. The predicted molar refractivity (Wildman–Crippen MR) is 143 cm³/mol. The Hall–Kier alpha value is -3.25. The summed E-state index contributed by atoms with van der Waals surface area (Å²) in [5.41, 5.74) is 1.85. The number of methoxy groups -OCH3 is 1.